The van der Waals surface area contributed by atoms with Crippen LogP contribution in [0.4, 0.5) is 5.82 Å². The van der Waals surface area contributed by atoms with Crippen molar-refractivity contribution in [3.63, 3.8) is 0 Å². The molecule has 3 heterocycles. The fraction of sp³-hybridized carbons (Fsp3) is 0.577. The summed E-state index contributed by atoms with van der Waals surface area (Å²) in [7, 11) is 0. The topological polar surface area (TPSA) is 135 Å². The first-order valence-corrected chi connectivity index (χ1v) is 12.6. The van der Waals surface area contributed by atoms with Crippen LogP contribution < -0.4 is 10.1 Å². The number of aromatic nitrogens is 4. The third kappa shape index (κ3) is 4.90. The van der Waals surface area contributed by atoms with Gasteiger partial charge in [0.2, 0.25) is 0 Å². The van der Waals surface area contributed by atoms with E-state index in [0.29, 0.717) is 29.6 Å². The molecule has 1 saturated heterocycles. The number of aliphatic hydroxyl groups is 3. The Kier molecular flexibility index (Phi) is 6.86. The van der Waals surface area contributed by atoms with Crippen LogP contribution in [0, 0.1) is 0 Å². The fourth-order valence-corrected chi connectivity index (χ4v) is 4.87. The second-order valence-corrected chi connectivity index (χ2v) is 10.8. The molecule has 10 nitrogen and oxygen atoms in total. The van der Waals surface area contributed by atoms with Crippen LogP contribution in [0.2, 0.25) is 0 Å². The second-order valence-electron chi connectivity index (χ2n) is 10.8. The van der Waals surface area contributed by atoms with Gasteiger partial charge in [0.25, 0.3) is 0 Å². The molecule has 0 bridgehead atoms. The highest BCUT2D eigenvalue weighted by Crippen LogP contribution is 2.34. The number of nitrogens with zero attached hydrogens (tertiary/aromatic N) is 4. The van der Waals surface area contributed by atoms with Crippen LogP contribution >= 0.6 is 0 Å². The zero-order valence-corrected chi connectivity index (χ0v) is 21.0. The van der Waals surface area contributed by atoms with Crippen molar-refractivity contribution in [2.45, 2.75) is 89.1 Å². The maximum Gasteiger partial charge on any atom is 0.320 e. The highest BCUT2D eigenvalue weighted by atomic mass is 16.6. The lowest BCUT2D eigenvalue weighted by atomic mass is 9.87. The number of fused-ring (bicyclic) bond motifs is 1. The Labute approximate surface area is 210 Å². The zero-order chi connectivity index (χ0) is 25.4. The molecule has 3 aromatic rings. The smallest absolute Gasteiger partial charge is 0.320 e. The van der Waals surface area contributed by atoms with E-state index in [9.17, 15) is 15.3 Å². The molecule has 0 unspecified atom stereocenters. The molecule has 4 N–H and O–H groups in total. The molecule has 1 aliphatic heterocycles. The van der Waals surface area contributed by atoms with Gasteiger partial charge < -0.3 is 30.1 Å². The summed E-state index contributed by atoms with van der Waals surface area (Å²) in [5.41, 5.74) is 3.26. The quantitative estimate of drug-likeness (QED) is 0.388. The molecule has 2 aliphatic rings. The van der Waals surface area contributed by atoms with Gasteiger partial charge >= 0.3 is 6.01 Å². The first kappa shape index (κ1) is 24.9. The second kappa shape index (κ2) is 9.93. The molecular weight excluding hydrogens is 462 g/mol. The number of benzene rings is 1. The lowest BCUT2D eigenvalue weighted by Gasteiger charge is -2.19. The van der Waals surface area contributed by atoms with Crippen molar-refractivity contribution in [1.29, 1.82) is 0 Å². The van der Waals surface area contributed by atoms with E-state index in [1.165, 1.54) is 11.9 Å². The van der Waals surface area contributed by atoms with Crippen molar-refractivity contribution in [3.05, 3.63) is 41.7 Å². The van der Waals surface area contributed by atoms with Crippen LogP contribution in [0.3, 0.4) is 0 Å². The van der Waals surface area contributed by atoms with Gasteiger partial charge in [0.1, 0.15) is 24.9 Å². The maximum atomic E-state index is 10.6. The molecule has 2 aromatic heterocycles. The molecule has 0 spiro atoms. The summed E-state index contributed by atoms with van der Waals surface area (Å²) in [5.74, 6) is 0.565. The minimum absolute atomic E-state index is 0.0717. The van der Waals surface area contributed by atoms with Crippen molar-refractivity contribution in [2.75, 3.05) is 11.9 Å². The van der Waals surface area contributed by atoms with Gasteiger partial charge in [0.05, 0.1) is 12.9 Å². The maximum absolute atomic E-state index is 10.6. The molecule has 1 saturated carbocycles. The van der Waals surface area contributed by atoms with Crippen LogP contribution in [-0.2, 0) is 16.8 Å². The summed E-state index contributed by atoms with van der Waals surface area (Å²) in [6.07, 6.45) is 1.63. The molecule has 1 aromatic carbocycles. The lowest BCUT2D eigenvalue weighted by Crippen LogP contribution is -2.33. The van der Waals surface area contributed by atoms with Crippen LogP contribution in [0.1, 0.15) is 63.8 Å². The molecular formula is C26H35N5O5. The van der Waals surface area contributed by atoms with Crippen molar-refractivity contribution >= 4 is 17.0 Å². The Hall–Kier alpha value is -2.79. The number of aliphatic hydroxyl groups excluding tert-OH is 3. The Balaban J connectivity index is 1.44. The minimum atomic E-state index is -1.24. The molecule has 10 heteroatoms. The number of anilines is 1. The molecule has 0 amide bonds. The van der Waals surface area contributed by atoms with E-state index in [4.69, 9.17) is 9.47 Å². The number of hydrogen-bond donors (Lipinski definition) is 4. The van der Waals surface area contributed by atoms with E-state index < -0.39 is 31.1 Å². The Morgan fingerprint density at radius 3 is 2.44 bits per heavy atom. The number of ether oxygens (including phenoxy) is 2. The number of imidazole rings is 1. The molecule has 36 heavy (non-hydrogen) atoms. The predicted molar refractivity (Wildman–Crippen MR) is 134 cm³/mol. The van der Waals surface area contributed by atoms with Gasteiger partial charge in [-0.2, -0.15) is 9.97 Å². The highest BCUT2D eigenvalue weighted by Gasteiger charge is 2.44. The van der Waals surface area contributed by atoms with Crippen LogP contribution in [0.5, 0.6) is 6.01 Å². The average Bonchev–Trinajstić information content (AvgIpc) is 3.58. The van der Waals surface area contributed by atoms with E-state index in [0.717, 1.165) is 31.2 Å². The van der Waals surface area contributed by atoms with E-state index in [1.807, 2.05) is 12.1 Å². The van der Waals surface area contributed by atoms with Gasteiger partial charge in [-0.25, -0.2) is 4.98 Å². The van der Waals surface area contributed by atoms with Crippen LogP contribution in [0.25, 0.3) is 11.2 Å². The molecule has 0 radical (unpaired) electrons. The third-order valence-corrected chi connectivity index (χ3v) is 7.08. The molecule has 5 rings (SSSR count). The average molecular weight is 498 g/mol. The number of rotatable bonds is 7. The van der Waals surface area contributed by atoms with Gasteiger partial charge in [-0.15, -0.1) is 0 Å². The van der Waals surface area contributed by atoms with Gasteiger partial charge in [-0.05, 0) is 29.4 Å². The SMILES string of the molecule is CC(C)(C)c1ccc(COc2nc(NC3CCCC3)c3ncn([C@@H]4O[C@H](CO)[C@@H](O)[C@H]4O)c3n2)cc1. The summed E-state index contributed by atoms with van der Waals surface area (Å²) in [5, 5.41) is 33.8. The zero-order valence-electron chi connectivity index (χ0n) is 21.0. The van der Waals surface area contributed by atoms with E-state index in [1.54, 1.807) is 4.57 Å². The summed E-state index contributed by atoms with van der Waals surface area (Å²) < 4.78 is 13.3. The van der Waals surface area contributed by atoms with Gasteiger partial charge in [-0.3, -0.25) is 4.57 Å². The van der Waals surface area contributed by atoms with Crippen LogP contribution in [0.15, 0.2) is 30.6 Å². The van der Waals surface area contributed by atoms with Crippen LogP contribution in [-0.4, -0.2) is 65.8 Å². The standard InChI is InChI=1S/C26H35N5O5/c1-26(2,3)16-10-8-15(9-11-16)13-35-25-29-22(28-17-6-4-5-7-17)19-23(30-25)31(14-27-19)24-21(34)20(33)18(12-32)36-24/h8-11,14,17-18,20-21,24,32-34H,4-7,12-13H2,1-3H3,(H,28,29,30)/t18-,20-,21-,24-/m1/s1. The summed E-state index contributed by atoms with van der Waals surface area (Å²) in [6, 6.07) is 8.76. The monoisotopic (exact) mass is 497 g/mol. The first-order valence-electron chi connectivity index (χ1n) is 12.6. The molecule has 4 atom stereocenters. The van der Waals surface area contributed by atoms with Crippen molar-refractivity contribution in [1.82, 2.24) is 19.5 Å². The lowest BCUT2D eigenvalue weighted by molar-refractivity contribution is -0.0511. The third-order valence-electron chi connectivity index (χ3n) is 7.08. The predicted octanol–water partition coefficient (Wildman–Crippen LogP) is 2.67. The van der Waals surface area contributed by atoms with Crippen molar-refractivity contribution in [2.24, 2.45) is 0 Å². The van der Waals surface area contributed by atoms with Crippen molar-refractivity contribution < 1.29 is 24.8 Å². The minimum Gasteiger partial charge on any atom is -0.458 e. The van der Waals surface area contributed by atoms with Gasteiger partial charge in [0.15, 0.2) is 23.2 Å². The highest BCUT2D eigenvalue weighted by molar-refractivity contribution is 5.83. The largest absolute Gasteiger partial charge is 0.458 e. The first-order chi connectivity index (χ1) is 17.2. The number of nitrogens with one attached hydrogen (secondary N) is 1. The molecule has 194 valence electrons. The summed E-state index contributed by atoms with van der Waals surface area (Å²) in [4.78, 5) is 13.7. The van der Waals surface area contributed by atoms with Gasteiger partial charge in [0, 0.05) is 6.04 Å². The normalized spacial score (nSPS) is 25.1. The van der Waals surface area contributed by atoms with E-state index in [2.05, 4.69) is 53.2 Å². The Morgan fingerprint density at radius 1 is 1.08 bits per heavy atom. The number of hydrogen-bond acceptors (Lipinski definition) is 9. The van der Waals surface area contributed by atoms with Gasteiger partial charge in [-0.1, -0.05) is 57.9 Å². The fourth-order valence-electron chi connectivity index (χ4n) is 4.87. The summed E-state index contributed by atoms with van der Waals surface area (Å²) >= 11 is 0. The molecule has 2 fully saturated rings. The van der Waals surface area contributed by atoms with E-state index >= 15 is 0 Å². The van der Waals surface area contributed by atoms with Crippen molar-refractivity contribution in [3.8, 4) is 6.01 Å². The summed E-state index contributed by atoms with van der Waals surface area (Å²) in [6.45, 7) is 6.41. The Bertz CT molecular complexity index is 1190. The Morgan fingerprint density at radius 2 is 1.81 bits per heavy atom. The van der Waals surface area contributed by atoms with E-state index in [-0.39, 0.29) is 11.4 Å². The molecule has 1 aliphatic carbocycles.